The molecule has 1 amide bonds. The molecule has 0 fully saturated rings. The summed E-state index contributed by atoms with van der Waals surface area (Å²) in [4.78, 5) is 30.5. The molecule has 32 heavy (non-hydrogen) atoms. The number of pyridine rings is 1. The summed E-state index contributed by atoms with van der Waals surface area (Å²) in [5.41, 5.74) is 2.67. The van der Waals surface area contributed by atoms with Crippen LogP contribution in [0.1, 0.15) is 11.1 Å². The molecule has 0 atom stereocenters. The van der Waals surface area contributed by atoms with E-state index in [1.165, 1.54) is 4.90 Å². The van der Waals surface area contributed by atoms with E-state index in [0.29, 0.717) is 22.7 Å². The molecule has 1 heterocycles. The first-order valence-corrected chi connectivity index (χ1v) is 10.3. The van der Waals surface area contributed by atoms with Crippen molar-refractivity contribution in [3.63, 3.8) is 0 Å². The van der Waals surface area contributed by atoms with Gasteiger partial charge in [0.2, 0.25) is 0 Å². The van der Waals surface area contributed by atoms with Crippen LogP contribution < -0.4 is 19.9 Å². The number of nitrogens with zero attached hydrogens (tertiary/aromatic N) is 1. The van der Waals surface area contributed by atoms with Gasteiger partial charge in [-0.3, -0.25) is 9.59 Å². The maximum Gasteiger partial charge on any atom is 0.265 e. The third-order valence-electron chi connectivity index (χ3n) is 5.26. The molecule has 0 aliphatic carbocycles. The number of aromatic nitrogens is 1. The zero-order chi connectivity index (χ0) is 22.5. The molecule has 0 bridgehead atoms. The lowest BCUT2D eigenvalue weighted by Gasteiger charge is -2.23. The number of anilines is 1. The number of aromatic amines is 1. The number of carbonyl (C=O) groups is 1. The second-order valence-electron chi connectivity index (χ2n) is 7.45. The smallest absolute Gasteiger partial charge is 0.265 e. The van der Waals surface area contributed by atoms with Gasteiger partial charge in [-0.1, -0.05) is 42.5 Å². The molecule has 6 heteroatoms. The van der Waals surface area contributed by atoms with Gasteiger partial charge in [-0.2, -0.15) is 0 Å². The zero-order valence-corrected chi connectivity index (χ0v) is 18.0. The van der Waals surface area contributed by atoms with Crippen molar-refractivity contribution in [2.45, 2.75) is 13.5 Å². The largest absolute Gasteiger partial charge is 0.497 e. The monoisotopic (exact) mass is 428 g/mol. The number of amides is 1. The summed E-state index contributed by atoms with van der Waals surface area (Å²) in [7, 11) is 1.57. The van der Waals surface area contributed by atoms with Crippen molar-refractivity contribution in [3.05, 3.63) is 100 Å². The molecule has 6 nitrogen and oxygen atoms in total. The Kier molecular flexibility index (Phi) is 6.22. The molecule has 0 aliphatic rings. The Morgan fingerprint density at radius 2 is 1.69 bits per heavy atom. The molecule has 0 saturated carbocycles. The molecule has 0 aliphatic heterocycles. The van der Waals surface area contributed by atoms with E-state index >= 15 is 0 Å². The minimum absolute atomic E-state index is 0.101. The van der Waals surface area contributed by atoms with Crippen LogP contribution in [0, 0.1) is 6.92 Å². The summed E-state index contributed by atoms with van der Waals surface area (Å²) < 4.78 is 11.0. The van der Waals surface area contributed by atoms with Gasteiger partial charge >= 0.3 is 0 Å². The van der Waals surface area contributed by atoms with E-state index in [1.807, 2.05) is 55.5 Å². The number of para-hydroxylation sites is 2. The fourth-order valence-electron chi connectivity index (χ4n) is 3.56. The van der Waals surface area contributed by atoms with E-state index in [2.05, 4.69) is 4.98 Å². The second-order valence-corrected chi connectivity index (χ2v) is 7.45. The predicted molar refractivity (Wildman–Crippen MR) is 125 cm³/mol. The molecule has 4 aromatic rings. The third kappa shape index (κ3) is 4.64. The first-order chi connectivity index (χ1) is 15.5. The van der Waals surface area contributed by atoms with E-state index in [9.17, 15) is 9.59 Å². The topological polar surface area (TPSA) is 71.6 Å². The van der Waals surface area contributed by atoms with Crippen molar-refractivity contribution in [3.8, 4) is 11.5 Å². The maximum absolute atomic E-state index is 13.2. The van der Waals surface area contributed by atoms with Gasteiger partial charge in [0.15, 0.2) is 6.61 Å². The first kappa shape index (κ1) is 21.2. The minimum atomic E-state index is -0.272. The maximum atomic E-state index is 13.2. The van der Waals surface area contributed by atoms with Gasteiger partial charge in [0.25, 0.3) is 11.5 Å². The van der Waals surface area contributed by atoms with E-state index in [-0.39, 0.29) is 24.6 Å². The standard InChI is InChI=1S/C26H24N2O4/c1-18-8-6-9-19-14-20(26(30)27-25(18)19)16-28(21-10-7-13-23(15-21)31-2)24(29)17-32-22-11-4-3-5-12-22/h3-15H,16-17H2,1-2H3,(H,27,30). The Morgan fingerprint density at radius 1 is 0.938 bits per heavy atom. The van der Waals surface area contributed by atoms with Gasteiger partial charge in [-0.25, -0.2) is 0 Å². The number of benzene rings is 3. The van der Waals surface area contributed by atoms with Crippen molar-refractivity contribution in [2.75, 3.05) is 18.6 Å². The van der Waals surface area contributed by atoms with Crippen LogP contribution in [0.3, 0.4) is 0 Å². The Labute approximate surface area is 186 Å². The molecule has 1 N–H and O–H groups in total. The van der Waals surface area contributed by atoms with Crippen molar-refractivity contribution in [1.29, 1.82) is 0 Å². The molecule has 0 spiro atoms. The highest BCUT2D eigenvalue weighted by atomic mass is 16.5. The molecule has 3 aromatic carbocycles. The Balaban J connectivity index is 1.67. The fraction of sp³-hybridized carbons (Fsp3) is 0.154. The first-order valence-electron chi connectivity index (χ1n) is 10.3. The summed E-state index contributed by atoms with van der Waals surface area (Å²) in [6, 6.07) is 24.0. The Morgan fingerprint density at radius 3 is 2.47 bits per heavy atom. The van der Waals surface area contributed by atoms with Gasteiger partial charge in [-0.15, -0.1) is 0 Å². The van der Waals surface area contributed by atoms with Crippen LogP contribution in [0.2, 0.25) is 0 Å². The van der Waals surface area contributed by atoms with Crippen molar-refractivity contribution < 1.29 is 14.3 Å². The highest BCUT2D eigenvalue weighted by molar-refractivity contribution is 5.94. The molecule has 1 aromatic heterocycles. The molecular formula is C26H24N2O4. The Hall–Kier alpha value is -4.06. The van der Waals surface area contributed by atoms with Crippen LogP contribution >= 0.6 is 0 Å². The van der Waals surface area contributed by atoms with E-state index < -0.39 is 0 Å². The highest BCUT2D eigenvalue weighted by Gasteiger charge is 2.20. The quantitative estimate of drug-likeness (QED) is 0.472. The average molecular weight is 428 g/mol. The number of carbonyl (C=O) groups excluding carboxylic acids is 1. The van der Waals surface area contributed by atoms with Gasteiger partial charge in [0.05, 0.1) is 19.2 Å². The lowest BCUT2D eigenvalue weighted by molar-refractivity contribution is -0.120. The summed E-state index contributed by atoms with van der Waals surface area (Å²) in [6.45, 7) is 1.89. The SMILES string of the molecule is COc1cccc(N(Cc2cc3cccc(C)c3[nH]c2=O)C(=O)COc2ccccc2)c1. The Bertz CT molecular complexity index is 1300. The van der Waals surface area contributed by atoms with E-state index in [4.69, 9.17) is 9.47 Å². The highest BCUT2D eigenvalue weighted by Crippen LogP contribution is 2.24. The minimum Gasteiger partial charge on any atom is -0.497 e. The second kappa shape index (κ2) is 9.39. The van der Waals surface area contributed by atoms with E-state index in [0.717, 1.165) is 16.5 Å². The number of ether oxygens (including phenoxy) is 2. The molecule has 0 saturated heterocycles. The molecule has 0 radical (unpaired) electrons. The number of hydrogen-bond acceptors (Lipinski definition) is 4. The number of rotatable bonds is 7. The van der Waals surface area contributed by atoms with Crippen molar-refractivity contribution in [2.24, 2.45) is 0 Å². The number of hydrogen-bond donors (Lipinski definition) is 1. The molecule has 4 rings (SSSR count). The van der Waals surface area contributed by atoms with Crippen LogP contribution in [0.15, 0.2) is 83.7 Å². The predicted octanol–water partition coefficient (Wildman–Crippen LogP) is 4.46. The summed E-state index contributed by atoms with van der Waals surface area (Å²) in [5.74, 6) is 0.948. The average Bonchev–Trinajstić information content (AvgIpc) is 2.82. The van der Waals surface area contributed by atoms with Crippen molar-refractivity contribution in [1.82, 2.24) is 4.98 Å². The third-order valence-corrected chi connectivity index (χ3v) is 5.26. The fourth-order valence-corrected chi connectivity index (χ4v) is 3.56. The van der Waals surface area contributed by atoms with Crippen molar-refractivity contribution >= 4 is 22.5 Å². The van der Waals surface area contributed by atoms with Crippen LogP contribution in [0.4, 0.5) is 5.69 Å². The molecular weight excluding hydrogens is 404 g/mol. The number of aryl methyl sites for hydroxylation is 1. The van der Waals surface area contributed by atoms with Gasteiger partial charge in [0.1, 0.15) is 11.5 Å². The van der Waals surface area contributed by atoms with Crippen LogP contribution in [0.25, 0.3) is 10.9 Å². The normalized spacial score (nSPS) is 10.7. The molecule has 162 valence electrons. The number of fused-ring (bicyclic) bond motifs is 1. The van der Waals surface area contributed by atoms with Gasteiger partial charge in [-0.05, 0) is 48.2 Å². The van der Waals surface area contributed by atoms with Crippen LogP contribution in [-0.2, 0) is 11.3 Å². The van der Waals surface area contributed by atoms with Gasteiger partial charge < -0.3 is 19.4 Å². The van der Waals surface area contributed by atoms with Crippen LogP contribution in [0.5, 0.6) is 11.5 Å². The lowest BCUT2D eigenvalue weighted by Crippen LogP contribution is -2.36. The summed E-state index contributed by atoms with van der Waals surface area (Å²) >= 11 is 0. The lowest BCUT2D eigenvalue weighted by atomic mass is 10.1. The summed E-state index contributed by atoms with van der Waals surface area (Å²) in [5, 5.41) is 0.915. The number of H-pyrrole nitrogens is 1. The van der Waals surface area contributed by atoms with E-state index in [1.54, 1.807) is 37.4 Å². The molecule has 0 unspecified atom stereocenters. The number of methoxy groups -OCH3 is 1. The van der Waals surface area contributed by atoms with Gasteiger partial charge in [0, 0.05) is 17.3 Å². The zero-order valence-electron chi connectivity index (χ0n) is 18.0. The summed E-state index contributed by atoms with van der Waals surface area (Å²) in [6.07, 6.45) is 0. The van der Waals surface area contributed by atoms with Crippen LogP contribution in [-0.4, -0.2) is 24.6 Å². The number of nitrogens with one attached hydrogen (secondary N) is 1.